The van der Waals surface area contributed by atoms with Crippen LogP contribution in [0.4, 0.5) is 0 Å². The molecule has 0 saturated carbocycles. The van der Waals surface area contributed by atoms with Crippen molar-refractivity contribution in [1.29, 1.82) is 0 Å². The topological polar surface area (TPSA) is 47.8 Å². The number of Topliss-reactive ketones (excluding diaryl/α,β-unsaturated/α-hetero) is 1. The van der Waals surface area contributed by atoms with Crippen LogP contribution >= 0.6 is 0 Å². The average Bonchev–Trinajstić information content (AvgIpc) is 3.11. The molecule has 4 heteroatoms. The summed E-state index contributed by atoms with van der Waals surface area (Å²) in [6.07, 6.45) is 3.23. The molecule has 24 heavy (non-hydrogen) atoms. The van der Waals surface area contributed by atoms with Crippen molar-refractivity contribution in [1.82, 2.24) is 14.8 Å². The molecule has 0 fully saturated rings. The van der Waals surface area contributed by atoms with E-state index >= 15 is 0 Å². The van der Waals surface area contributed by atoms with Crippen molar-refractivity contribution >= 4 is 5.78 Å². The maximum Gasteiger partial charge on any atom is 0.173 e. The summed E-state index contributed by atoms with van der Waals surface area (Å²) in [5.74, 6) is 0.0900. The van der Waals surface area contributed by atoms with Gasteiger partial charge in [-0.15, -0.1) is 10.2 Å². The van der Waals surface area contributed by atoms with Crippen LogP contribution in [0.15, 0.2) is 73.3 Å². The second kappa shape index (κ2) is 6.04. The SMILES string of the molecule is CC(C)(C)C(=O)C(c1ccccc1)(c1ccccc1)n1cnnc1. The van der Waals surface area contributed by atoms with Crippen molar-refractivity contribution in [3.63, 3.8) is 0 Å². The van der Waals surface area contributed by atoms with Gasteiger partial charge in [0.1, 0.15) is 12.7 Å². The van der Waals surface area contributed by atoms with Crippen molar-refractivity contribution in [2.45, 2.75) is 26.3 Å². The first-order chi connectivity index (χ1) is 11.5. The highest BCUT2D eigenvalue weighted by molar-refractivity contribution is 5.97. The maximum absolute atomic E-state index is 13.7. The number of aromatic nitrogens is 3. The van der Waals surface area contributed by atoms with Crippen LogP contribution in [0.5, 0.6) is 0 Å². The quantitative estimate of drug-likeness (QED) is 0.737. The molecule has 0 aliphatic rings. The zero-order valence-electron chi connectivity index (χ0n) is 14.2. The second-order valence-corrected chi connectivity index (χ2v) is 6.89. The summed E-state index contributed by atoms with van der Waals surface area (Å²) in [5, 5.41) is 7.93. The van der Waals surface area contributed by atoms with Gasteiger partial charge in [-0.1, -0.05) is 81.4 Å². The van der Waals surface area contributed by atoms with Crippen LogP contribution in [0.1, 0.15) is 31.9 Å². The van der Waals surface area contributed by atoms with E-state index in [1.807, 2.05) is 86.0 Å². The highest BCUT2D eigenvalue weighted by Crippen LogP contribution is 2.40. The molecule has 1 heterocycles. The molecule has 0 N–H and O–H groups in total. The van der Waals surface area contributed by atoms with E-state index in [1.54, 1.807) is 12.7 Å². The predicted molar refractivity (Wildman–Crippen MR) is 93.5 cm³/mol. The van der Waals surface area contributed by atoms with Crippen molar-refractivity contribution in [3.8, 4) is 0 Å². The minimum Gasteiger partial charge on any atom is -0.298 e. The van der Waals surface area contributed by atoms with E-state index in [4.69, 9.17) is 0 Å². The largest absolute Gasteiger partial charge is 0.298 e. The minimum atomic E-state index is -0.996. The molecule has 0 spiro atoms. The zero-order chi connectivity index (χ0) is 17.2. The lowest BCUT2D eigenvalue weighted by Crippen LogP contribution is -2.49. The molecule has 0 aliphatic carbocycles. The molecule has 0 bridgehead atoms. The summed E-state index contributed by atoms with van der Waals surface area (Å²) >= 11 is 0. The van der Waals surface area contributed by atoms with E-state index in [-0.39, 0.29) is 5.78 Å². The fourth-order valence-corrected chi connectivity index (χ4v) is 3.12. The number of carbonyl (C=O) groups excluding carboxylic acids is 1. The number of ketones is 1. The van der Waals surface area contributed by atoms with Crippen LogP contribution < -0.4 is 0 Å². The summed E-state index contributed by atoms with van der Waals surface area (Å²) in [5.41, 5.74) is 0.257. The Balaban J connectivity index is 2.40. The Hall–Kier alpha value is -2.75. The molecule has 0 radical (unpaired) electrons. The first kappa shape index (κ1) is 16.1. The first-order valence-corrected chi connectivity index (χ1v) is 7.98. The fraction of sp³-hybridized carbons (Fsp3) is 0.250. The summed E-state index contributed by atoms with van der Waals surface area (Å²) in [4.78, 5) is 13.7. The average molecular weight is 319 g/mol. The van der Waals surface area contributed by atoms with Gasteiger partial charge in [-0.3, -0.25) is 9.36 Å². The molecule has 0 amide bonds. The van der Waals surface area contributed by atoms with Gasteiger partial charge in [0.15, 0.2) is 11.3 Å². The third kappa shape index (κ3) is 2.54. The van der Waals surface area contributed by atoms with Crippen molar-refractivity contribution in [2.75, 3.05) is 0 Å². The van der Waals surface area contributed by atoms with Gasteiger partial charge in [0, 0.05) is 5.41 Å². The van der Waals surface area contributed by atoms with E-state index < -0.39 is 11.0 Å². The Morgan fingerprint density at radius 1 is 0.792 bits per heavy atom. The lowest BCUT2D eigenvalue weighted by Gasteiger charge is -2.39. The molecular weight excluding hydrogens is 298 g/mol. The molecule has 0 atom stereocenters. The Morgan fingerprint density at radius 3 is 1.58 bits per heavy atom. The van der Waals surface area contributed by atoms with Crippen LogP contribution in [0.25, 0.3) is 0 Å². The molecule has 0 saturated heterocycles. The van der Waals surface area contributed by atoms with Gasteiger partial charge in [0.2, 0.25) is 0 Å². The van der Waals surface area contributed by atoms with Crippen molar-refractivity contribution < 1.29 is 4.79 Å². The lowest BCUT2D eigenvalue weighted by atomic mass is 9.70. The van der Waals surface area contributed by atoms with Crippen molar-refractivity contribution in [3.05, 3.63) is 84.4 Å². The van der Waals surface area contributed by atoms with Crippen LogP contribution in [0.2, 0.25) is 0 Å². The normalized spacial score (nSPS) is 12.1. The van der Waals surface area contributed by atoms with Crippen LogP contribution in [0.3, 0.4) is 0 Å². The summed E-state index contributed by atoms with van der Waals surface area (Å²) in [6, 6.07) is 19.6. The third-order valence-electron chi connectivity index (χ3n) is 4.20. The highest BCUT2D eigenvalue weighted by Gasteiger charge is 2.48. The number of rotatable bonds is 4. The third-order valence-corrected chi connectivity index (χ3v) is 4.20. The Bertz CT molecular complexity index is 764. The minimum absolute atomic E-state index is 0.0900. The van der Waals surface area contributed by atoms with E-state index in [0.29, 0.717) is 0 Å². The number of carbonyl (C=O) groups is 1. The molecule has 0 unspecified atom stereocenters. The van der Waals surface area contributed by atoms with E-state index in [2.05, 4.69) is 10.2 Å². The number of nitrogens with zero attached hydrogens (tertiary/aromatic N) is 3. The van der Waals surface area contributed by atoms with E-state index in [0.717, 1.165) is 11.1 Å². The second-order valence-electron chi connectivity index (χ2n) is 6.89. The van der Waals surface area contributed by atoms with Gasteiger partial charge in [0.05, 0.1) is 0 Å². The van der Waals surface area contributed by atoms with Gasteiger partial charge in [-0.25, -0.2) is 0 Å². The predicted octanol–water partition coefficient (Wildman–Crippen LogP) is 3.69. The lowest BCUT2D eigenvalue weighted by molar-refractivity contribution is -0.131. The zero-order valence-corrected chi connectivity index (χ0v) is 14.2. The molecule has 4 nitrogen and oxygen atoms in total. The smallest absolute Gasteiger partial charge is 0.173 e. The van der Waals surface area contributed by atoms with E-state index in [1.165, 1.54) is 0 Å². The number of hydrogen-bond donors (Lipinski definition) is 0. The van der Waals surface area contributed by atoms with Crippen LogP contribution in [-0.4, -0.2) is 20.5 Å². The first-order valence-electron chi connectivity index (χ1n) is 7.98. The Morgan fingerprint density at radius 2 is 1.21 bits per heavy atom. The fourth-order valence-electron chi connectivity index (χ4n) is 3.12. The number of benzene rings is 2. The Labute approximate surface area is 142 Å². The molecule has 3 aromatic rings. The molecule has 0 aliphatic heterocycles. The summed E-state index contributed by atoms with van der Waals surface area (Å²) in [6.45, 7) is 5.83. The maximum atomic E-state index is 13.7. The van der Waals surface area contributed by atoms with Crippen molar-refractivity contribution in [2.24, 2.45) is 5.41 Å². The summed E-state index contributed by atoms with van der Waals surface area (Å²) in [7, 11) is 0. The monoisotopic (exact) mass is 319 g/mol. The molecular formula is C20H21N3O. The molecule has 3 rings (SSSR count). The van der Waals surface area contributed by atoms with Gasteiger partial charge in [0.25, 0.3) is 0 Å². The molecule has 1 aromatic heterocycles. The van der Waals surface area contributed by atoms with Gasteiger partial charge < -0.3 is 0 Å². The highest BCUT2D eigenvalue weighted by atomic mass is 16.1. The molecule has 2 aromatic carbocycles. The van der Waals surface area contributed by atoms with E-state index in [9.17, 15) is 4.79 Å². The number of hydrogen-bond acceptors (Lipinski definition) is 3. The molecule has 122 valence electrons. The Kier molecular flexibility index (Phi) is 4.06. The standard InChI is InChI=1S/C20H21N3O/c1-19(2,3)18(24)20(23-14-21-22-15-23,16-10-6-4-7-11-16)17-12-8-5-9-13-17/h4-15H,1-3H3. The van der Waals surface area contributed by atoms with Crippen LogP contribution in [-0.2, 0) is 10.3 Å². The van der Waals surface area contributed by atoms with Gasteiger partial charge in [-0.2, -0.15) is 0 Å². The van der Waals surface area contributed by atoms with Crippen LogP contribution in [0, 0.1) is 5.41 Å². The van der Waals surface area contributed by atoms with Gasteiger partial charge >= 0.3 is 0 Å². The summed E-state index contributed by atoms with van der Waals surface area (Å²) < 4.78 is 1.81. The van der Waals surface area contributed by atoms with Gasteiger partial charge in [-0.05, 0) is 11.1 Å².